The fourth-order valence-electron chi connectivity index (χ4n) is 6.13. The monoisotopic (exact) mass is 595 g/mol. The van der Waals surface area contributed by atoms with Crippen LogP contribution in [-0.2, 0) is 11.8 Å². The van der Waals surface area contributed by atoms with Gasteiger partial charge in [-0.05, 0) is 57.8 Å². The van der Waals surface area contributed by atoms with Gasteiger partial charge in [-0.2, -0.15) is 0 Å². The molecule has 1 N–H and O–H groups in total. The Morgan fingerprint density at radius 3 is 2.64 bits per heavy atom. The van der Waals surface area contributed by atoms with Gasteiger partial charge in [0, 0.05) is 49.4 Å². The topological polar surface area (TPSA) is 106 Å². The van der Waals surface area contributed by atoms with Gasteiger partial charge < -0.3 is 29.2 Å². The van der Waals surface area contributed by atoms with Crippen LogP contribution >= 0.6 is 0 Å². The van der Waals surface area contributed by atoms with Gasteiger partial charge in [-0.25, -0.2) is 4.98 Å². The number of benzene rings is 2. The summed E-state index contributed by atoms with van der Waals surface area (Å²) in [7, 11) is 8.87. The van der Waals surface area contributed by atoms with Gasteiger partial charge in [-0.15, -0.1) is 0 Å². The molecular weight excluding hydrogens is 558 g/mol. The standard InChI is InChI=1S/C33H37N7O4/c1-20-31-30(36-32(40(31)15-13-34-20)22-12-14-39(18-22)29(41)19-37(2)3)21-10-11-24(28(16-21)44-6)35-33(42)26-17-23-25(38(26)4)8-7-9-27(23)43-5/h7-11,13,15-17,22H,12,14,18-19H2,1-6H3,(H,35,42). The third-order valence-corrected chi connectivity index (χ3v) is 8.35. The van der Waals surface area contributed by atoms with Crippen LogP contribution in [0, 0.1) is 6.92 Å². The number of amides is 2. The zero-order chi connectivity index (χ0) is 31.1. The predicted octanol–water partition coefficient (Wildman–Crippen LogP) is 4.34. The molecule has 0 radical (unpaired) electrons. The van der Waals surface area contributed by atoms with Gasteiger partial charge in [0.15, 0.2) is 0 Å². The number of likely N-dealkylation sites (N-methyl/N-ethyl adjacent to an activating group) is 1. The first-order valence-electron chi connectivity index (χ1n) is 14.6. The predicted molar refractivity (Wildman–Crippen MR) is 170 cm³/mol. The summed E-state index contributed by atoms with van der Waals surface area (Å²) in [5, 5.41) is 3.88. The van der Waals surface area contributed by atoms with Crippen LogP contribution < -0.4 is 14.8 Å². The number of aromatic nitrogens is 4. The minimum Gasteiger partial charge on any atom is -0.496 e. The van der Waals surface area contributed by atoms with Crippen LogP contribution in [0.2, 0.25) is 0 Å². The molecule has 11 nitrogen and oxygen atoms in total. The molecule has 228 valence electrons. The van der Waals surface area contributed by atoms with E-state index in [0.717, 1.165) is 45.6 Å². The van der Waals surface area contributed by atoms with E-state index < -0.39 is 0 Å². The lowest BCUT2D eigenvalue weighted by molar-refractivity contribution is -0.130. The van der Waals surface area contributed by atoms with Gasteiger partial charge in [0.25, 0.3) is 5.91 Å². The van der Waals surface area contributed by atoms with Crippen molar-refractivity contribution in [1.29, 1.82) is 0 Å². The first-order valence-corrected chi connectivity index (χ1v) is 14.6. The van der Waals surface area contributed by atoms with Crippen molar-refractivity contribution >= 4 is 33.9 Å². The van der Waals surface area contributed by atoms with Crippen molar-refractivity contribution in [2.45, 2.75) is 19.3 Å². The highest BCUT2D eigenvalue weighted by Crippen LogP contribution is 2.37. The Morgan fingerprint density at radius 2 is 1.89 bits per heavy atom. The van der Waals surface area contributed by atoms with Crippen molar-refractivity contribution in [3.8, 4) is 22.8 Å². The maximum atomic E-state index is 13.4. The largest absolute Gasteiger partial charge is 0.496 e. The molecule has 11 heteroatoms. The van der Waals surface area contributed by atoms with Crippen molar-refractivity contribution in [2.24, 2.45) is 7.05 Å². The van der Waals surface area contributed by atoms with E-state index >= 15 is 0 Å². The third-order valence-electron chi connectivity index (χ3n) is 8.35. The summed E-state index contributed by atoms with van der Waals surface area (Å²) >= 11 is 0. The van der Waals surface area contributed by atoms with Gasteiger partial charge in [0.1, 0.15) is 23.0 Å². The van der Waals surface area contributed by atoms with E-state index in [1.54, 1.807) is 20.4 Å². The minimum atomic E-state index is -0.263. The molecule has 2 amide bonds. The van der Waals surface area contributed by atoms with Gasteiger partial charge >= 0.3 is 0 Å². The Kier molecular flexibility index (Phi) is 7.73. The Labute approximate surface area is 256 Å². The summed E-state index contributed by atoms with van der Waals surface area (Å²) in [6.07, 6.45) is 4.56. The van der Waals surface area contributed by atoms with E-state index in [9.17, 15) is 9.59 Å². The summed E-state index contributed by atoms with van der Waals surface area (Å²) in [6, 6.07) is 13.2. The Morgan fingerprint density at radius 1 is 1.09 bits per heavy atom. The summed E-state index contributed by atoms with van der Waals surface area (Å²) in [5.41, 5.74) is 5.31. The van der Waals surface area contributed by atoms with E-state index in [1.807, 2.05) is 91.1 Å². The van der Waals surface area contributed by atoms with E-state index in [2.05, 4.69) is 14.7 Å². The number of hydrogen-bond donors (Lipinski definition) is 1. The van der Waals surface area contributed by atoms with Crippen LogP contribution in [0.3, 0.4) is 0 Å². The molecule has 1 aliphatic rings. The molecule has 4 heterocycles. The number of nitrogens with zero attached hydrogens (tertiary/aromatic N) is 6. The van der Waals surface area contributed by atoms with E-state index in [4.69, 9.17) is 14.5 Å². The van der Waals surface area contributed by atoms with Crippen LogP contribution in [0.5, 0.6) is 11.5 Å². The zero-order valence-electron chi connectivity index (χ0n) is 25.9. The summed E-state index contributed by atoms with van der Waals surface area (Å²) in [5.74, 6) is 2.09. The second kappa shape index (κ2) is 11.6. The highest BCUT2D eigenvalue weighted by atomic mass is 16.5. The normalized spacial score (nSPS) is 15.0. The van der Waals surface area contributed by atoms with Crippen LogP contribution in [0.4, 0.5) is 5.69 Å². The summed E-state index contributed by atoms with van der Waals surface area (Å²) in [4.78, 5) is 39.7. The van der Waals surface area contributed by atoms with E-state index in [0.29, 0.717) is 42.5 Å². The number of anilines is 1. The molecule has 1 aliphatic heterocycles. The number of fused-ring (bicyclic) bond motifs is 2. The van der Waals surface area contributed by atoms with Crippen molar-refractivity contribution < 1.29 is 19.1 Å². The van der Waals surface area contributed by atoms with Crippen LogP contribution in [-0.4, -0.2) is 88.5 Å². The highest BCUT2D eigenvalue weighted by Gasteiger charge is 2.31. The highest BCUT2D eigenvalue weighted by molar-refractivity contribution is 6.08. The molecule has 1 saturated heterocycles. The Bertz CT molecular complexity index is 1890. The molecule has 1 atom stereocenters. The fourth-order valence-corrected chi connectivity index (χ4v) is 6.13. The van der Waals surface area contributed by atoms with E-state index in [1.165, 1.54) is 0 Å². The number of likely N-dealkylation sites (tertiary alicyclic amines) is 1. The molecular formula is C33H37N7O4. The second-order valence-corrected chi connectivity index (χ2v) is 11.5. The van der Waals surface area contributed by atoms with Gasteiger partial charge in [0.05, 0.1) is 48.9 Å². The maximum absolute atomic E-state index is 13.4. The first-order chi connectivity index (χ1) is 21.2. The Balaban J connectivity index is 1.32. The first kappa shape index (κ1) is 29.2. The molecule has 0 saturated carbocycles. The number of imidazole rings is 1. The number of ether oxygens (including phenoxy) is 2. The number of nitrogens with one attached hydrogen (secondary N) is 1. The number of methoxy groups -OCH3 is 2. The second-order valence-electron chi connectivity index (χ2n) is 11.5. The summed E-state index contributed by atoms with van der Waals surface area (Å²) < 4.78 is 15.2. The van der Waals surface area contributed by atoms with Gasteiger partial charge in [-0.3, -0.25) is 19.0 Å². The minimum absolute atomic E-state index is 0.101. The number of rotatable bonds is 8. The molecule has 0 spiro atoms. The van der Waals surface area contributed by atoms with Crippen LogP contribution in [0.1, 0.15) is 34.3 Å². The molecule has 6 rings (SSSR count). The lowest BCUT2D eigenvalue weighted by Gasteiger charge is -2.18. The number of hydrogen-bond acceptors (Lipinski definition) is 7. The molecule has 0 aliphatic carbocycles. The molecule has 0 bridgehead atoms. The van der Waals surface area contributed by atoms with Crippen molar-refractivity contribution in [1.82, 2.24) is 28.7 Å². The van der Waals surface area contributed by atoms with E-state index in [-0.39, 0.29) is 17.7 Å². The molecule has 1 unspecified atom stereocenters. The number of carbonyl (C=O) groups excluding carboxylic acids is 2. The fraction of sp³-hybridized carbons (Fsp3) is 0.333. The summed E-state index contributed by atoms with van der Waals surface area (Å²) in [6.45, 7) is 3.69. The Hall–Kier alpha value is -4.90. The average molecular weight is 596 g/mol. The zero-order valence-corrected chi connectivity index (χ0v) is 25.9. The lowest BCUT2D eigenvalue weighted by Crippen LogP contribution is -2.36. The maximum Gasteiger partial charge on any atom is 0.272 e. The molecule has 44 heavy (non-hydrogen) atoms. The van der Waals surface area contributed by atoms with Gasteiger partial charge in [0.2, 0.25) is 5.91 Å². The molecule has 5 aromatic rings. The third kappa shape index (κ3) is 5.13. The quantitative estimate of drug-likeness (QED) is 0.284. The molecule has 3 aromatic heterocycles. The molecule has 1 fully saturated rings. The average Bonchev–Trinajstić information content (AvgIpc) is 3.73. The smallest absolute Gasteiger partial charge is 0.272 e. The van der Waals surface area contributed by atoms with Gasteiger partial charge in [-0.1, -0.05) is 12.1 Å². The van der Waals surface area contributed by atoms with Crippen molar-refractivity contribution in [2.75, 3.05) is 53.3 Å². The molecule has 2 aromatic carbocycles. The van der Waals surface area contributed by atoms with Crippen molar-refractivity contribution in [3.63, 3.8) is 0 Å². The van der Waals surface area contributed by atoms with Crippen LogP contribution in [0.15, 0.2) is 54.9 Å². The lowest BCUT2D eigenvalue weighted by atomic mass is 10.1. The number of carbonyl (C=O) groups is 2. The SMILES string of the molecule is COc1cc(-c2nc(C3CCN(C(=O)CN(C)C)C3)n3ccnc(C)c23)ccc1NC(=O)c1cc2c(OC)cccc2n1C. The van der Waals surface area contributed by atoms with Crippen molar-refractivity contribution in [3.05, 3.63) is 72.1 Å². The number of aryl methyl sites for hydroxylation is 2. The van der Waals surface area contributed by atoms with Crippen LogP contribution in [0.25, 0.3) is 27.7 Å².